The highest BCUT2D eigenvalue weighted by Crippen LogP contribution is 2.15. The van der Waals surface area contributed by atoms with Gasteiger partial charge in [-0.1, -0.05) is 99.3 Å². The van der Waals surface area contributed by atoms with Crippen LogP contribution in [0.4, 0.5) is 0 Å². The molecule has 14 heteroatoms. The predicted molar refractivity (Wildman–Crippen MR) is 222 cm³/mol. The summed E-state index contributed by atoms with van der Waals surface area (Å²) in [5, 5.41) is 44.1. The standard InChI is InChI=1S/C41H88N2O11Si/c1-7-13-17-35(10-4)28-52-32-39(45)25-42(24-38(44)31-51-22-16-23-55(48,49)50)20-21-43(26-40(46)33-53-29-36(11-5)18-14-8-2)27-41(47)34-54-30-37(12-6)19-15-9-3/h35-41,44-50H,7-34H2,1-6H3. The molecular formula is C41H88N2O11Si. The first kappa shape index (κ1) is 54.7. The minimum absolute atomic E-state index is 0.000610. The van der Waals surface area contributed by atoms with E-state index in [1.54, 1.807) is 0 Å². The van der Waals surface area contributed by atoms with Gasteiger partial charge in [-0.15, -0.1) is 0 Å². The third kappa shape index (κ3) is 33.2. The van der Waals surface area contributed by atoms with Gasteiger partial charge < -0.3 is 53.8 Å². The van der Waals surface area contributed by atoms with Crippen LogP contribution in [0.2, 0.25) is 6.04 Å². The zero-order chi connectivity index (χ0) is 41.3. The second-order valence-corrected chi connectivity index (χ2v) is 18.0. The topological polar surface area (TPSA) is 185 Å². The van der Waals surface area contributed by atoms with E-state index >= 15 is 0 Å². The summed E-state index contributed by atoms with van der Waals surface area (Å²) in [5.41, 5.74) is 0. The molecule has 0 rings (SSSR count). The van der Waals surface area contributed by atoms with Gasteiger partial charge >= 0.3 is 8.80 Å². The Morgan fingerprint density at radius 2 is 0.745 bits per heavy atom. The van der Waals surface area contributed by atoms with E-state index in [9.17, 15) is 34.8 Å². The summed E-state index contributed by atoms with van der Waals surface area (Å²) in [6, 6.07) is -0.140. The molecular weight excluding hydrogens is 725 g/mol. The highest BCUT2D eigenvalue weighted by atomic mass is 28.4. The third-order valence-electron chi connectivity index (χ3n) is 10.3. The fraction of sp³-hybridized carbons (Fsp3) is 1.00. The molecule has 7 unspecified atom stereocenters. The monoisotopic (exact) mass is 813 g/mol. The minimum atomic E-state index is -4.14. The molecule has 0 aliphatic heterocycles. The summed E-state index contributed by atoms with van der Waals surface area (Å²) in [7, 11) is -4.14. The number of aliphatic hydroxyl groups is 4. The summed E-state index contributed by atoms with van der Waals surface area (Å²) in [5.74, 6) is 1.37. The first-order valence-electron chi connectivity index (χ1n) is 21.9. The Morgan fingerprint density at radius 3 is 1.02 bits per heavy atom. The van der Waals surface area contributed by atoms with E-state index in [1.807, 2.05) is 9.80 Å². The molecule has 7 atom stereocenters. The van der Waals surface area contributed by atoms with E-state index < -0.39 is 33.2 Å². The molecule has 0 fully saturated rings. The van der Waals surface area contributed by atoms with Gasteiger partial charge in [0.15, 0.2) is 0 Å². The van der Waals surface area contributed by atoms with Crippen LogP contribution < -0.4 is 0 Å². The second kappa shape index (κ2) is 35.6. The molecule has 0 saturated heterocycles. The Labute approximate surface area is 337 Å². The highest BCUT2D eigenvalue weighted by molar-refractivity contribution is 6.56. The number of nitrogens with zero attached hydrogens (tertiary/aromatic N) is 2. The summed E-state index contributed by atoms with van der Waals surface area (Å²) in [6.07, 6.45) is 10.3. The van der Waals surface area contributed by atoms with Crippen molar-refractivity contribution >= 4 is 8.80 Å². The van der Waals surface area contributed by atoms with Crippen molar-refractivity contribution in [1.82, 2.24) is 9.80 Å². The van der Waals surface area contributed by atoms with Crippen LogP contribution in [0.3, 0.4) is 0 Å². The predicted octanol–water partition coefficient (Wildman–Crippen LogP) is 4.06. The van der Waals surface area contributed by atoms with Gasteiger partial charge in [0.25, 0.3) is 0 Å². The molecule has 0 aromatic heterocycles. The molecule has 13 nitrogen and oxygen atoms in total. The van der Waals surface area contributed by atoms with E-state index in [-0.39, 0.29) is 71.7 Å². The second-order valence-electron chi connectivity index (χ2n) is 15.9. The molecule has 0 amide bonds. The lowest BCUT2D eigenvalue weighted by Crippen LogP contribution is -2.47. The molecule has 7 N–H and O–H groups in total. The smallest absolute Gasteiger partial charge is 0.390 e. The summed E-state index contributed by atoms with van der Waals surface area (Å²) >= 11 is 0. The van der Waals surface area contributed by atoms with Crippen LogP contribution in [0.5, 0.6) is 0 Å². The number of rotatable bonds is 41. The van der Waals surface area contributed by atoms with Crippen molar-refractivity contribution in [2.24, 2.45) is 17.8 Å². The van der Waals surface area contributed by atoms with Gasteiger partial charge in [0.05, 0.1) is 50.8 Å². The zero-order valence-electron chi connectivity index (χ0n) is 36.0. The lowest BCUT2D eigenvalue weighted by Gasteiger charge is -2.32. The normalized spacial score (nSPS) is 16.4. The van der Waals surface area contributed by atoms with Gasteiger partial charge in [-0.05, 0) is 43.4 Å². The van der Waals surface area contributed by atoms with E-state index in [4.69, 9.17) is 18.9 Å². The fourth-order valence-electron chi connectivity index (χ4n) is 6.64. The number of hydrogen-bond donors (Lipinski definition) is 7. The van der Waals surface area contributed by atoms with Crippen molar-refractivity contribution in [1.29, 1.82) is 0 Å². The molecule has 332 valence electrons. The van der Waals surface area contributed by atoms with Crippen LogP contribution in [0, 0.1) is 17.8 Å². The summed E-state index contributed by atoms with van der Waals surface area (Å²) < 4.78 is 23.4. The van der Waals surface area contributed by atoms with Crippen molar-refractivity contribution in [2.45, 2.75) is 155 Å². The van der Waals surface area contributed by atoms with Crippen molar-refractivity contribution < 1.29 is 53.8 Å². The number of aliphatic hydroxyl groups excluding tert-OH is 4. The first-order valence-corrected chi connectivity index (χ1v) is 24.0. The summed E-state index contributed by atoms with van der Waals surface area (Å²) in [6.45, 7) is 17.4. The zero-order valence-corrected chi connectivity index (χ0v) is 37.0. The van der Waals surface area contributed by atoms with Gasteiger partial charge in [-0.3, -0.25) is 9.80 Å². The van der Waals surface area contributed by atoms with Gasteiger partial charge in [0.2, 0.25) is 0 Å². The molecule has 0 aromatic carbocycles. The first-order chi connectivity index (χ1) is 26.3. The van der Waals surface area contributed by atoms with Gasteiger partial charge in [-0.2, -0.15) is 0 Å². The van der Waals surface area contributed by atoms with Crippen molar-refractivity contribution in [3.63, 3.8) is 0 Å². The Bertz CT molecular complexity index is 802. The maximum absolute atomic E-state index is 11.1. The average molecular weight is 813 g/mol. The van der Waals surface area contributed by atoms with Crippen molar-refractivity contribution in [2.75, 3.05) is 92.1 Å². The molecule has 0 aliphatic carbocycles. The SMILES string of the molecule is CCCCC(CC)COCC(O)CN(CCN(CC(O)COCC(CC)CCCC)CC(O)COCC(CC)CCCC)CC(O)COCCC[Si](O)(O)O. The van der Waals surface area contributed by atoms with Crippen LogP contribution in [-0.4, -0.2) is 170 Å². The Balaban J connectivity index is 5.62. The quantitative estimate of drug-likeness (QED) is 0.0347. The van der Waals surface area contributed by atoms with Crippen LogP contribution >= 0.6 is 0 Å². The molecule has 0 aromatic rings. The maximum atomic E-state index is 11.1. The number of ether oxygens (including phenoxy) is 4. The number of hydrogen-bond acceptors (Lipinski definition) is 13. The lowest BCUT2D eigenvalue weighted by molar-refractivity contribution is -0.0306. The van der Waals surface area contributed by atoms with Crippen LogP contribution in [0.15, 0.2) is 0 Å². The van der Waals surface area contributed by atoms with Gasteiger partial charge in [0.1, 0.15) is 0 Å². The molecule has 0 aliphatic rings. The summed E-state index contributed by atoms with van der Waals surface area (Å²) in [4.78, 5) is 31.7. The van der Waals surface area contributed by atoms with Crippen LogP contribution in [0.25, 0.3) is 0 Å². The Morgan fingerprint density at radius 1 is 0.436 bits per heavy atom. The van der Waals surface area contributed by atoms with E-state index in [0.29, 0.717) is 50.7 Å². The van der Waals surface area contributed by atoms with Gasteiger partial charge in [0, 0.05) is 71.7 Å². The molecule has 0 spiro atoms. The maximum Gasteiger partial charge on any atom is 0.492 e. The van der Waals surface area contributed by atoms with Crippen molar-refractivity contribution in [3.05, 3.63) is 0 Å². The molecule has 55 heavy (non-hydrogen) atoms. The Kier molecular flexibility index (Phi) is 35.4. The van der Waals surface area contributed by atoms with E-state index in [2.05, 4.69) is 41.5 Å². The Hall–Kier alpha value is -0.303. The van der Waals surface area contributed by atoms with Crippen LogP contribution in [0.1, 0.15) is 125 Å². The molecule has 0 heterocycles. The van der Waals surface area contributed by atoms with Crippen LogP contribution in [-0.2, 0) is 18.9 Å². The van der Waals surface area contributed by atoms with Gasteiger partial charge in [-0.25, -0.2) is 0 Å². The average Bonchev–Trinajstić information content (AvgIpc) is 3.13. The molecule has 0 radical (unpaired) electrons. The highest BCUT2D eigenvalue weighted by Gasteiger charge is 2.26. The fourth-order valence-corrected chi connectivity index (χ4v) is 7.26. The minimum Gasteiger partial charge on any atom is -0.390 e. The van der Waals surface area contributed by atoms with E-state index in [0.717, 1.165) is 77.0 Å². The molecule has 0 bridgehead atoms. The van der Waals surface area contributed by atoms with E-state index in [1.165, 1.54) is 0 Å². The number of unbranched alkanes of at least 4 members (excludes halogenated alkanes) is 3. The largest absolute Gasteiger partial charge is 0.492 e. The lowest BCUT2D eigenvalue weighted by atomic mass is 10.0. The van der Waals surface area contributed by atoms with Crippen molar-refractivity contribution in [3.8, 4) is 0 Å². The third-order valence-corrected chi connectivity index (χ3v) is 11.4. The molecule has 0 saturated carbocycles.